The van der Waals surface area contributed by atoms with Crippen LogP contribution >= 0.6 is 0 Å². The van der Waals surface area contributed by atoms with Crippen LogP contribution in [0.2, 0.25) is 0 Å². The first-order chi connectivity index (χ1) is 13.4. The van der Waals surface area contributed by atoms with E-state index in [2.05, 4.69) is 21.0 Å². The number of fused-ring (bicyclic) bond motifs is 2. The summed E-state index contributed by atoms with van der Waals surface area (Å²) in [6.07, 6.45) is 9.64. The number of carbonyl (C=O) groups excluding carboxylic acids is 1. The maximum Gasteiger partial charge on any atom is 0.332 e. The van der Waals surface area contributed by atoms with Gasteiger partial charge in [-0.15, -0.1) is 0 Å². The molecule has 2 N–H and O–H groups in total. The van der Waals surface area contributed by atoms with Gasteiger partial charge >= 0.3 is 6.03 Å². The van der Waals surface area contributed by atoms with E-state index in [9.17, 15) is 13.2 Å². The molecule has 6 nitrogen and oxygen atoms in total. The number of amides is 2. The predicted octanol–water partition coefficient (Wildman–Crippen LogP) is 2.99. The molecule has 1 aliphatic heterocycles. The maximum absolute atomic E-state index is 12.6. The third kappa shape index (κ3) is 4.20. The van der Waals surface area contributed by atoms with Gasteiger partial charge < -0.3 is 5.32 Å². The fourth-order valence-corrected chi connectivity index (χ4v) is 6.33. The first-order valence-corrected chi connectivity index (χ1v) is 12.3. The van der Waals surface area contributed by atoms with Crippen LogP contribution in [-0.4, -0.2) is 44.2 Å². The van der Waals surface area contributed by atoms with Crippen molar-refractivity contribution in [2.45, 2.75) is 70.8 Å². The minimum Gasteiger partial charge on any atom is -0.307 e. The van der Waals surface area contributed by atoms with Gasteiger partial charge in [0.1, 0.15) is 0 Å². The van der Waals surface area contributed by atoms with E-state index in [1.807, 2.05) is 6.92 Å². The quantitative estimate of drug-likeness (QED) is 0.789. The predicted molar refractivity (Wildman–Crippen MR) is 111 cm³/mol. The standard InChI is InChI=1S/C21H31N3O3S/c1-15(24-11-3-2-4-12-24)14-28(26,27)23-21(25)22-20-18-9-5-7-16(18)13-17-8-6-10-19(17)20/h13,15H,2-12,14H2,1H3,(H2,22,23,25). The Kier molecular flexibility index (Phi) is 5.65. The van der Waals surface area contributed by atoms with Crippen molar-refractivity contribution in [3.05, 3.63) is 28.3 Å². The number of carbonyl (C=O) groups is 1. The van der Waals surface area contributed by atoms with Crippen molar-refractivity contribution in [3.8, 4) is 0 Å². The van der Waals surface area contributed by atoms with E-state index in [0.29, 0.717) is 0 Å². The number of hydrogen-bond acceptors (Lipinski definition) is 4. The van der Waals surface area contributed by atoms with E-state index in [1.165, 1.54) is 28.7 Å². The van der Waals surface area contributed by atoms with E-state index in [0.717, 1.165) is 70.1 Å². The topological polar surface area (TPSA) is 78.5 Å². The third-order valence-electron chi connectivity index (χ3n) is 6.43. The zero-order valence-electron chi connectivity index (χ0n) is 16.7. The maximum atomic E-state index is 12.6. The van der Waals surface area contributed by atoms with Gasteiger partial charge in [-0.25, -0.2) is 17.9 Å². The molecule has 0 saturated carbocycles. The minimum absolute atomic E-state index is 0.0502. The van der Waals surface area contributed by atoms with Gasteiger partial charge in [0.05, 0.1) is 5.75 Å². The van der Waals surface area contributed by atoms with Crippen LogP contribution in [-0.2, 0) is 35.7 Å². The van der Waals surface area contributed by atoms with E-state index in [4.69, 9.17) is 0 Å². The lowest BCUT2D eigenvalue weighted by atomic mass is 9.99. The average molecular weight is 406 g/mol. The summed E-state index contributed by atoms with van der Waals surface area (Å²) >= 11 is 0. The highest BCUT2D eigenvalue weighted by Crippen LogP contribution is 2.38. The van der Waals surface area contributed by atoms with Gasteiger partial charge in [-0.3, -0.25) is 4.90 Å². The number of urea groups is 1. The Labute approximate surface area is 168 Å². The molecule has 1 unspecified atom stereocenters. The number of piperidine rings is 1. The van der Waals surface area contributed by atoms with Crippen LogP contribution in [0.4, 0.5) is 10.5 Å². The number of benzene rings is 1. The number of anilines is 1. The van der Waals surface area contributed by atoms with E-state index < -0.39 is 16.1 Å². The number of nitrogens with one attached hydrogen (secondary N) is 2. The molecule has 0 aromatic heterocycles. The molecule has 1 atom stereocenters. The number of likely N-dealkylation sites (tertiary alicyclic amines) is 1. The number of rotatable bonds is 5. The fraction of sp³-hybridized carbons (Fsp3) is 0.667. The van der Waals surface area contributed by atoms with Crippen LogP contribution in [0, 0.1) is 0 Å². The van der Waals surface area contributed by atoms with Crippen LogP contribution in [0.5, 0.6) is 0 Å². The van der Waals surface area contributed by atoms with Gasteiger partial charge in [-0.1, -0.05) is 12.5 Å². The van der Waals surface area contributed by atoms with Gasteiger partial charge in [0.2, 0.25) is 10.0 Å². The molecule has 0 bridgehead atoms. The number of hydrogen-bond donors (Lipinski definition) is 2. The molecule has 1 aromatic carbocycles. The molecule has 1 saturated heterocycles. The normalized spacial score (nSPS) is 20.5. The lowest BCUT2D eigenvalue weighted by Gasteiger charge is -2.32. The molecule has 2 amide bonds. The molecule has 4 rings (SSSR count). The van der Waals surface area contributed by atoms with Crippen molar-refractivity contribution in [2.24, 2.45) is 0 Å². The molecule has 1 heterocycles. The SMILES string of the molecule is CC(CS(=O)(=O)NC(=O)Nc1c2c(cc3c1CCC3)CCC2)N1CCCCC1. The molecule has 154 valence electrons. The number of nitrogens with zero attached hydrogens (tertiary/aromatic N) is 1. The van der Waals surface area contributed by atoms with Gasteiger partial charge in [0.15, 0.2) is 0 Å². The Morgan fingerprint density at radius 3 is 2.21 bits per heavy atom. The van der Waals surface area contributed by atoms with E-state index in [1.54, 1.807) is 0 Å². The number of sulfonamides is 1. The van der Waals surface area contributed by atoms with Crippen LogP contribution in [0.25, 0.3) is 0 Å². The second kappa shape index (κ2) is 8.03. The van der Waals surface area contributed by atoms with Gasteiger partial charge in [0.25, 0.3) is 0 Å². The summed E-state index contributed by atoms with van der Waals surface area (Å²) < 4.78 is 27.4. The summed E-state index contributed by atoms with van der Waals surface area (Å²) in [5.74, 6) is -0.0502. The van der Waals surface area contributed by atoms with Crippen molar-refractivity contribution in [1.29, 1.82) is 0 Å². The average Bonchev–Trinajstić information content (AvgIpc) is 3.30. The molecule has 1 aromatic rings. The lowest BCUT2D eigenvalue weighted by Crippen LogP contribution is -2.45. The Morgan fingerprint density at radius 2 is 1.61 bits per heavy atom. The summed E-state index contributed by atoms with van der Waals surface area (Å²) in [7, 11) is -3.68. The molecule has 0 radical (unpaired) electrons. The van der Waals surface area contributed by atoms with E-state index >= 15 is 0 Å². The summed E-state index contributed by atoms with van der Waals surface area (Å²) in [5, 5.41) is 2.91. The van der Waals surface area contributed by atoms with Gasteiger partial charge in [-0.2, -0.15) is 0 Å². The Hall–Kier alpha value is -1.60. The van der Waals surface area contributed by atoms with Crippen molar-refractivity contribution in [3.63, 3.8) is 0 Å². The van der Waals surface area contributed by atoms with Crippen molar-refractivity contribution in [2.75, 3.05) is 24.2 Å². The van der Waals surface area contributed by atoms with Crippen LogP contribution in [0.1, 0.15) is 61.3 Å². The van der Waals surface area contributed by atoms with E-state index in [-0.39, 0.29) is 11.8 Å². The van der Waals surface area contributed by atoms with Crippen molar-refractivity contribution >= 4 is 21.7 Å². The second-order valence-electron chi connectivity index (χ2n) is 8.52. The van der Waals surface area contributed by atoms with Gasteiger partial charge in [0, 0.05) is 11.7 Å². The molecule has 1 fully saturated rings. The highest BCUT2D eigenvalue weighted by atomic mass is 32.2. The molecule has 2 aliphatic carbocycles. The van der Waals surface area contributed by atoms with Crippen molar-refractivity contribution < 1.29 is 13.2 Å². The Bertz CT molecular complexity index is 828. The highest BCUT2D eigenvalue weighted by molar-refractivity contribution is 7.90. The monoisotopic (exact) mass is 405 g/mol. The Balaban J connectivity index is 1.43. The lowest BCUT2D eigenvalue weighted by molar-refractivity contribution is 0.186. The number of aryl methyl sites for hydroxylation is 2. The summed E-state index contributed by atoms with van der Waals surface area (Å²) in [5.41, 5.74) is 5.92. The highest BCUT2D eigenvalue weighted by Gasteiger charge is 2.27. The van der Waals surface area contributed by atoms with Crippen molar-refractivity contribution in [1.82, 2.24) is 9.62 Å². The molecule has 0 spiro atoms. The Morgan fingerprint density at radius 1 is 1.00 bits per heavy atom. The van der Waals surface area contributed by atoms with Crippen LogP contribution < -0.4 is 10.0 Å². The first kappa shape index (κ1) is 19.7. The summed E-state index contributed by atoms with van der Waals surface area (Å²) in [6.45, 7) is 3.80. The summed E-state index contributed by atoms with van der Waals surface area (Å²) in [6, 6.07) is 1.58. The van der Waals surface area contributed by atoms with Crippen LogP contribution in [0.3, 0.4) is 0 Å². The first-order valence-electron chi connectivity index (χ1n) is 10.6. The van der Waals surface area contributed by atoms with Crippen LogP contribution in [0.15, 0.2) is 6.07 Å². The minimum atomic E-state index is -3.68. The smallest absolute Gasteiger partial charge is 0.307 e. The molecule has 28 heavy (non-hydrogen) atoms. The zero-order chi connectivity index (χ0) is 19.7. The largest absolute Gasteiger partial charge is 0.332 e. The molecule has 7 heteroatoms. The molecular formula is C21H31N3O3S. The third-order valence-corrected chi connectivity index (χ3v) is 7.85. The summed E-state index contributed by atoms with van der Waals surface area (Å²) in [4.78, 5) is 14.8. The zero-order valence-corrected chi connectivity index (χ0v) is 17.5. The molecule has 3 aliphatic rings. The molecular weight excluding hydrogens is 374 g/mol. The second-order valence-corrected chi connectivity index (χ2v) is 10.3. The fourth-order valence-electron chi connectivity index (χ4n) is 5.07. The van der Waals surface area contributed by atoms with Gasteiger partial charge in [-0.05, 0) is 93.6 Å².